The Morgan fingerprint density at radius 3 is 2.44 bits per heavy atom. The third-order valence-corrected chi connectivity index (χ3v) is 2.20. The molecule has 1 unspecified atom stereocenters. The third kappa shape index (κ3) is 3.28. The van der Waals surface area contributed by atoms with E-state index in [1.54, 1.807) is 0 Å². The van der Waals surface area contributed by atoms with E-state index in [1.807, 2.05) is 0 Å². The fourth-order valence-corrected chi connectivity index (χ4v) is 1.16. The molecule has 1 atom stereocenters. The molecule has 0 aromatic heterocycles. The van der Waals surface area contributed by atoms with Crippen LogP contribution in [0.4, 0.5) is 18.9 Å². The molecule has 18 heavy (non-hydrogen) atoms. The monoisotopic (exact) mass is 263 g/mol. The fraction of sp³-hybridized carbons (Fsp3) is 0.364. The van der Waals surface area contributed by atoms with Crippen LogP contribution in [0, 0.1) is 0 Å². The van der Waals surface area contributed by atoms with Crippen LogP contribution in [-0.2, 0) is 4.74 Å². The Bertz CT molecular complexity index is 446. The van der Waals surface area contributed by atoms with Crippen molar-refractivity contribution in [2.75, 3.05) is 12.8 Å². The lowest BCUT2D eigenvalue weighted by Gasteiger charge is -2.18. The number of nitrogen functional groups attached to an aromatic ring is 1. The Morgan fingerprint density at radius 2 is 2.00 bits per heavy atom. The normalized spacial score (nSPS) is 12.9. The number of alkyl halides is 3. The number of rotatable bonds is 3. The van der Waals surface area contributed by atoms with E-state index >= 15 is 0 Å². The Hall–Kier alpha value is -1.92. The molecular formula is C11H12F3NO3. The zero-order valence-electron chi connectivity index (χ0n) is 9.75. The second-order valence-corrected chi connectivity index (χ2v) is 3.55. The number of nitrogens with two attached hydrogens (primary N) is 1. The van der Waals surface area contributed by atoms with E-state index < -0.39 is 18.2 Å². The first-order chi connectivity index (χ1) is 8.25. The Balaban J connectivity index is 2.90. The molecule has 7 heteroatoms. The quantitative estimate of drug-likeness (QED) is 0.671. The van der Waals surface area contributed by atoms with Gasteiger partial charge in [-0.05, 0) is 25.1 Å². The summed E-state index contributed by atoms with van der Waals surface area (Å²) in [5.74, 6) is -0.760. The van der Waals surface area contributed by atoms with E-state index in [9.17, 15) is 18.0 Å². The Labute approximate surface area is 101 Å². The van der Waals surface area contributed by atoms with E-state index in [0.29, 0.717) is 0 Å². The van der Waals surface area contributed by atoms with Crippen molar-refractivity contribution >= 4 is 11.7 Å². The molecule has 1 aromatic rings. The average Bonchev–Trinajstić information content (AvgIpc) is 2.29. The van der Waals surface area contributed by atoms with Crippen LogP contribution in [0.25, 0.3) is 0 Å². The van der Waals surface area contributed by atoms with Crippen molar-refractivity contribution in [3.63, 3.8) is 0 Å². The number of hydrogen-bond donors (Lipinski definition) is 1. The van der Waals surface area contributed by atoms with Gasteiger partial charge in [-0.1, -0.05) is 0 Å². The molecule has 0 amide bonds. The number of carbonyl (C=O) groups excluding carboxylic acids is 1. The van der Waals surface area contributed by atoms with Crippen LogP contribution < -0.4 is 10.5 Å². The molecule has 0 aliphatic heterocycles. The maximum atomic E-state index is 12.3. The van der Waals surface area contributed by atoms with Crippen LogP contribution in [0.3, 0.4) is 0 Å². The van der Waals surface area contributed by atoms with Gasteiger partial charge < -0.3 is 15.2 Å². The van der Waals surface area contributed by atoms with E-state index in [-0.39, 0.29) is 17.0 Å². The maximum Gasteiger partial charge on any atom is 0.425 e. The highest BCUT2D eigenvalue weighted by Gasteiger charge is 2.38. The van der Waals surface area contributed by atoms with Crippen molar-refractivity contribution in [2.45, 2.75) is 19.2 Å². The second-order valence-electron chi connectivity index (χ2n) is 3.55. The lowest BCUT2D eigenvalue weighted by atomic mass is 10.2. The molecular weight excluding hydrogens is 251 g/mol. The van der Waals surface area contributed by atoms with Crippen LogP contribution in [0.15, 0.2) is 18.2 Å². The molecule has 0 fully saturated rings. The summed E-state index contributed by atoms with van der Waals surface area (Å²) in [7, 11) is 1.19. The van der Waals surface area contributed by atoms with Crippen LogP contribution in [-0.4, -0.2) is 25.4 Å². The van der Waals surface area contributed by atoms with Gasteiger partial charge in [-0.25, -0.2) is 4.79 Å². The van der Waals surface area contributed by atoms with Crippen molar-refractivity contribution in [2.24, 2.45) is 0 Å². The van der Waals surface area contributed by atoms with Crippen LogP contribution in [0.5, 0.6) is 5.75 Å². The van der Waals surface area contributed by atoms with Gasteiger partial charge in [0, 0.05) is 0 Å². The van der Waals surface area contributed by atoms with Gasteiger partial charge in [0.2, 0.25) is 0 Å². The zero-order chi connectivity index (χ0) is 13.9. The maximum absolute atomic E-state index is 12.3. The number of esters is 1. The van der Waals surface area contributed by atoms with Crippen LogP contribution >= 0.6 is 0 Å². The Morgan fingerprint density at radius 1 is 1.39 bits per heavy atom. The van der Waals surface area contributed by atoms with E-state index in [0.717, 1.165) is 6.92 Å². The second kappa shape index (κ2) is 5.16. The van der Waals surface area contributed by atoms with Gasteiger partial charge in [0.05, 0.1) is 18.4 Å². The minimum Gasteiger partial charge on any atom is -0.479 e. The van der Waals surface area contributed by atoms with Crippen LogP contribution in [0.2, 0.25) is 0 Å². The molecule has 0 heterocycles. The lowest BCUT2D eigenvalue weighted by Crippen LogP contribution is -2.31. The molecule has 0 aliphatic carbocycles. The largest absolute Gasteiger partial charge is 0.479 e. The summed E-state index contributed by atoms with van der Waals surface area (Å²) in [5, 5.41) is 0. The number of ether oxygens (including phenoxy) is 2. The molecule has 0 aliphatic rings. The SMILES string of the molecule is COC(=O)c1ccc(OC(C)C(F)(F)F)c(N)c1. The summed E-state index contributed by atoms with van der Waals surface area (Å²) in [4.78, 5) is 11.2. The number of hydrogen-bond acceptors (Lipinski definition) is 4. The molecule has 0 saturated carbocycles. The molecule has 0 radical (unpaired) electrons. The van der Waals surface area contributed by atoms with Crippen molar-refractivity contribution in [3.8, 4) is 5.75 Å². The summed E-state index contributed by atoms with van der Waals surface area (Å²) in [5.41, 5.74) is 5.58. The number of methoxy groups -OCH3 is 1. The Kier molecular flexibility index (Phi) is 4.05. The van der Waals surface area contributed by atoms with Gasteiger partial charge >= 0.3 is 12.1 Å². The van der Waals surface area contributed by atoms with Crippen LogP contribution in [0.1, 0.15) is 17.3 Å². The summed E-state index contributed by atoms with van der Waals surface area (Å²) in [6.07, 6.45) is -6.46. The average molecular weight is 263 g/mol. The van der Waals surface area contributed by atoms with Crippen molar-refractivity contribution in [1.82, 2.24) is 0 Å². The smallest absolute Gasteiger partial charge is 0.425 e. The first-order valence-corrected chi connectivity index (χ1v) is 4.97. The van der Waals surface area contributed by atoms with Gasteiger partial charge in [-0.15, -0.1) is 0 Å². The summed E-state index contributed by atoms with van der Waals surface area (Å²) >= 11 is 0. The first-order valence-electron chi connectivity index (χ1n) is 4.97. The van der Waals surface area contributed by atoms with E-state index in [2.05, 4.69) is 9.47 Å². The summed E-state index contributed by atoms with van der Waals surface area (Å²) in [6.45, 7) is 0.869. The van der Waals surface area contributed by atoms with Crippen molar-refractivity contribution < 1.29 is 27.4 Å². The van der Waals surface area contributed by atoms with E-state index in [4.69, 9.17) is 5.73 Å². The first kappa shape index (κ1) is 14.1. The number of carbonyl (C=O) groups is 1. The highest BCUT2D eigenvalue weighted by molar-refractivity contribution is 5.90. The molecule has 0 saturated heterocycles. The van der Waals surface area contributed by atoms with Gasteiger partial charge in [-0.3, -0.25) is 0 Å². The standard InChI is InChI=1S/C11H12F3NO3/c1-6(11(12,13)14)18-9-4-3-7(5-8(9)15)10(16)17-2/h3-6H,15H2,1-2H3. The zero-order valence-corrected chi connectivity index (χ0v) is 9.75. The molecule has 0 bridgehead atoms. The van der Waals surface area contributed by atoms with Gasteiger partial charge in [0.25, 0.3) is 0 Å². The van der Waals surface area contributed by atoms with Gasteiger partial charge in [0.1, 0.15) is 5.75 Å². The summed E-state index contributed by atoms with van der Waals surface area (Å²) < 4.78 is 46.0. The number of benzene rings is 1. The minimum absolute atomic E-state index is 0.0611. The minimum atomic E-state index is -4.48. The predicted octanol–water partition coefficient (Wildman–Crippen LogP) is 2.38. The third-order valence-electron chi connectivity index (χ3n) is 2.20. The molecule has 100 valence electrons. The topological polar surface area (TPSA) is 61.5 Å². The van der Waals surface area contributed by atoms with Gasteiger partial charge in [0.15, 0.2) is 6.10 Å². The number of halogens is 3. The highest BCUT2D eigenvalue weighted by Crippen LogP contribution is 2.29. The van der Waals surface area contributed by atoms with Crippen molar-refractivity contribution in [1.29, 1.82) is 0 Å². The van der Waals surface area contributed by atoms with E-state index in [1.165, 1.54) is 25.3 Å². The lowest BCUT2D eigenvalue weighted by molar-refractivity contribution is -0.189. The molecule has 4 nitrogen and oxygen atoms in total. The summed E-state index contributed by atoms with van der Waals surface area (Å²) in [6, 6.07) is 3.68. The molecule has 2 N–H and O–H groups in total. The highest BCUT2D eigenvalue weighted by atomic mass is 19.4. The van der Waals surface area contributed by atoms with Crippen molar-refractivity contribution in [3.05, 3.63) is 23.8 Å². The molecule has 1 rings (SSSR count). The molecule has 0 spiro atoms. The predicted molar refractivity (Wildman–Crippen MR) is 58.3 cm³/mol. The fourth-order valence-electron chi connectivity index (χ4n) is 1.16. The van der Waals surface area contributed by atoms with Gasteiger partial charge in [-0.2, -0.15) is 13.2 Å². The molecule has 1 aromatic carbocycles. The number of anilines is 1.